The third kappa shape index (κ3) is 4.13. The number of aryl methyl sites for hydroxylation is 1. The minimum absolute atomic E-state index is 0.0902. The summed E-state index contributed by atoms with van der Waals surface area (Å²) in [6.45, 7) is 5.97. The average molecular weight is 331 g/mol. The van der Waals surface area contributed by atoms with Crippen LogP contribution >= 0.6 is 0 Å². The SMILES string of the molecule is CCn1cc(NC(=O)c2ccc(OC)cc2)c(C(=O)OC(C)C)n1. The molecule has 1 aromatic carbocycles. The predicted octanol–water partition coefficient (Wildman–Crippen LogP) is 2.73. The first kappa shape index (κ1) is 17.5. The number of nitrogens with zero attached hydrogens (tertiary/aromatic N) is 2. The second-order valence-corrected chi connectivity index (χ2v) is 5.38. The molecule has 2 aromatic rings. The first-order valence-corrected chi connectivity index (χ1v) is 7.68. The van der Waals surface area contributed by atoms with Gasteiger partial charge < -0.3 is 14.8 Å². The van der Waals surface area contributed by atoms with E-state index in [0.29, 0.717) is 23.5 Å². The molecule has 0 aliphatic heterocycles. The number of amides is 1. The van der Waals surface area contributed by atoms with E-state index in [9.17, 15) is 9.59 Å². The van der Waals surface area contributed by atoms with Gasteiger partial charge in [-0.1, -0.05) is 0 Å². The summed E-state index contributed by atoms with van der Waals surface area (Å²) in [5, 5.41) is 6.87. The van der Waals surface area contributed by atoms with Gasteiger partial charge in [0.05, 0.1) is 18.9 Å². The van der Waals surface area contributed by atoms with Crippen molar-refractivity contribution in [3.05, 3.63) is 41.7 Å². The maximum atomic E-state index is 12.4. The van der Waals surface area contributed by atoms with Gasteiger partial charge in [-0.25, -0.2) is 4.79 Å². The Hall–Kier alpha value is -2.83. The molecule has 7 nitrogen and oxygen atoms in total. The minimum Gasteiger partial charge on any atom is -0.497 e. The molecule has 1 aromatic heterocycles. The molecular formula is C17H21N3O4. The molecule has 0 spiro atoms. The van der Waals surface area contributed by atoms with Crippen LogP contribution in [0, 0.1) is 0 Å². The predicted molar refractivity (Wildman–Crippen MR) is 89.4 cm³/mol. The van der Waals surface area contributed by atoms with E-state index >= 15 is 0 Å². The van der Waals surface area contributed by atoms with Crippen LogP contribution in [0.5, 0.6) is 5.75 Å². The molecule has 1 heterocycles. The normalized spacial score (nSPS) is 10.5. The Morgan fingerprint density at radius 2 is 1.92 bits per heavy atom. The molecule has 1 amide bonds. The van der Waals surface area contributed by atoms with E-state index in [1.54, 1.807) is 56.1 Å². The molecule has 0 unspecified atom stereocenters. The van der Waals surface area contributed by atoms with Crippen molar-refractivity contribution in [3.63, 3.8) is 0 Å². The van der Waals surface area contributed by atoms with E-state index < -0.39 is 5.97 Å². The fourth-order valence-corrected chi connectivity index (χ4v) is 2.03. The Morgan fingerprint density at radius 3 is 2.46 bits per heavy atom. The zero-order valence-electron chi connectivity index (χ0n) is 14.2. The van der Waals surface area contributed by atoms with Gasteiger partial charge >= 0.3 is 5.97 Å². The first-order chi connectivity index (χ1) is 11.4. The molecular weight excluding hydrogens is 310 g/mol. The summed E-state index contributed by atoms with van der Waals surface area (Å²) < 4.78 is 11.8. The van der Waals surface area contributed by atoms with Crippen molar-refractivity contribution < 1.29 is 19.1 Å². The molecule has 0 radical (unpaired) electrons. The molecule has 0 bridgehead atoms. The maximum absolute atomic E-state index is 12.4. The van der Waals surface area contributed by atoms with Gasteiger partial charge in [0.15, 0.2) is 5.69 Å². The Labute approximate surface area is 140 Å². The Balaban J connectivity index is 2.22. The minimum atomic E-state index is -0.567. The lowest BCUT2D eigenvalue weighted by atomic mass is 10.2. The van der Waals surface area contributed by atoms with E-state index in [2.05, 4.69) is 10.4 Å². The number of nitrogens with one attached hydrogen (secondary N) is 1. The van der Waals surface area contributed by atoms with Crippen molar-refractivity contribution in [2.24, 2.45) is 0 Å². The Morgan fingerprint density at radius 1 is 1.25 bits per heavy atom. The van der Waals surface area contributed by atoms with Gasteiger partial charge in [0.25, 0.3) is 5.91 Å². The number of carbonyl (C=O) groups is 2. The van der Waals surface area contributed by atoms with Crippen molar-refractivity contribution in [1.82, 2.24) is 9.78 Å². The van der Waals surface area contributed by atoms with E-state index in [4.69, 9.17) is 9.47 Å². The second-order valence-electron chi connectivity index (χ2n) is 5.38. The number of hydrogen-bond acceptors (Lipinski definition) is 5. The number of carbonyl (C=O) groups excluding carboxylic acids is 2. The van der Waals surface area contributed by atoms with Gasteiger partial charge in [0.2, 0.25) is 0 Å². The zero-order chi connectivity index (χ0) is 17.7. The Kier molecular flexibility index (Phi) is 5.57. The van der Waals surface area contributed by atoms with E-state index in [0.717, 1.165) is 0 Å². The maximum Gasteiger partial charge on any atom is 0.361 e. The van der Waals surface area contributed by atoms with Crippen molar-refractivity contribution >= 4 is 17.6 Å². The van der Waals surface area contributed by atoms with E-state index in [-0.39, 0.29) is 17.7 Å². The van der Waals surface area contributed by atoms with Crippen LogP contribution in [-0.2, 0) is 11.3 Å². The number of anilines is 1. The molecule has 128 valence electrons. The van der Waals surface area contributed by atoms with Gasteiger partial charge in [-0.3, -0.25) is 9.48 Å². The van der Waals surface area contributed by atoms with Crippen molar-refractivity contribution in [1.29, 1.82) is 0 Å². The van der Waals surface area contributed by atoms with Crippen LogP contribution in [0.15, 0.2) is 30.5 Å². The molecule has 7 heteroatoms. The lowest BCUT2D eigenvalue weighted by molar-refractivity contribution is 0.0371. The lowest BCUT2D eigenvalue weighted by Crippen LogP contribution is -2.17. The smallest absolute Gasteiger partial charge is 0.361 e. The van der Waals surface area contributed by atoms with Gasteiger partial charge in [-0.15, -0.1) is 0 Å². The summed E-state index contributed by atoms with van der Waals surface area (Å²) in [5.74, 6) is -0.249. The number of aromatic nitrogens is 2. The van der Waals surface area contributed by atoms with Crippen LogP contribution in [0.3, 0.4) is 0 Å². The number of benzene rings is 1. The van der Waals surface area contributed by atoms with E-state index in [1.165, 1.54) is 0 Å². The average Bonchev–Trinajstić information content (AvgIpc) is 2.97. The van der Waals surface area contributed by atoms with Crippen LogP contribution in [-0.4, -0.2) is 34.9 Å². The highest BCUT2D eigenvalue weighted by Gasteiger charge is 2.21. The topological polar surface area (TPSA) is 82.5 Å². The number of rotatable bonds is 6. The monoisotopic (exact) mass is 331 g/mol. The summed E-state index contributed by atoms with van der Waals surface area (Å²) in [5.41, 5.74) is 0.860. The molecule has 24 heavy (non-hydrogen) atoms. The summed E-state index contributed by atoms with van der Waals surface area (Å²) >= 11 is 0. The van der Waals surface area contributed by atoms with Crippen molar-refractivity contribution in [2.45, 2.75) is 33.4 Å². The summed E-state index contributed by atoms with van der Waals surface area (Å²) in [6, 6.07) is 6.67. The van der Waals surface area contributed by atoms with Crippen molar-refractivity contribution in [2.75, 3.05) is 12.4 Å². The number of methoxy groups -OCH3 is 1. The lowest BCUT2D eigenvalue weighted by Gasteiger charge is -2.08. The third-order valence-corrected chi connectivity index (χ3v) is 3.22. The fourth-order valence-electron chi connectivity index (χ4n) is 2.03. The highest BCUT2D eigenvalue weighted by Crippen LogP contribution is 2.18. The molecule has 0 aliphatic rings. The largest absolute Gasteiger partial charge is 0.497 e. The highest BCUT2D eigenvalue weighted by atomic mass is 16.5. The molecule has 0 saturated heterocycles. The number of esters is 1. The summed E-state index contributed by atoms with van der Waals surface area (Å²) in [7, 11) is 1.56. The van der Waals surface area contributed by atoms with Crippen LogP contribution in [0.4, 0.5) is 5.69 Å². The second kappa shape index (κ2) is 7.63. The van der Waals surface area contributed by atoms with Gasteiger partial charge in [-0.2, -0.15) is 5.10 Å². The summed E-state index contributed by atoms with van der Waals surface area (Å²) in [4.78, 5) is 24.5. The van der Waals surface area contributed by atoms with Gasteiger partial charge in [0.1, 0.15) is 5.75 Å². The standard InChI is InChI=1S/C17H21N3O4/c1-5-20-10-14(15(19-20)17(22)24-11(2)3)18-16(21)12-6-8-13(23-4)9-7-12/h6-11H,5H2,1-4H3,(H,18,21). The molecule has 0 aliphatic carbocycles. The molecule has 0 fully saturated rings. The van der Waals surface area contributed by atoms with Gasteiger partial charge in [-0.05, 0) is 45.0 Å². The van der Waals surface area contributed by atoms with Crippen LogP contribution in [0.25, 0.3) is 0 Å². The van der Waals surface area contributed by atoms with Crippen LogP contribution < -0.4 is 10.1 Å². The quantitative estimate of drug-likeness (QED) is 0.823. The summed E-state index contributed by atoms with van der Waals surface area (Å²) in [6.07, 6.45) is 1.34. The molecule has 0 atom stereocenters. The number of ether oxygens (including phenoxy) is 2. The zero-order valence-corrected chi connectivity index (χ0v) is 14.2. The molecule has 1 N–H and O–H groups in total. The van der Waals surface area contributed by atoms with Crippen LogP contribution in [0.1, 0.15) is 41.6 Å². The van der Waals surface area contributed by atoms with E-state index in [1.807, 2.05) is 6.92 Å². The van der Waals surface area contributed by atoms with Gasteiger partial charge in [0, 0.05) is 18.3 Å². The fraction of sp³-hybridized carbons (Fsp3) is 0.353. The first-order valence-electron chi connectivity index (χ1n) is 7.68. The number of hydrogen-bond donors (Lipinski definition) is 1. The van der Waals surface area contributed by atoms with Crippen LogP contribution in [0.2, 0.25) is 0 Å². The molecule has 0 saturated carbocycles. The van der Waals surface area contributed by atoms with Crippen molar-refractivity contribution in [3.8, 4) is 5.75 Å². The Bertz CT molecular complexity index is 720. The third-order valence-electron chi connectivity index (χ3n) is 3.22. The highest BCUT2D eigenvalue weighted by molar-refractivity contribution is 6.07. The molecule has 2 rings (SSSR count).